The molecule has 154 valence electrons. The van der Waals surface area contributed by atoms with Crippen molar-refractivity contribution in [2.75, 3.05) is 26.2 Å². The van der Waals surface area contributed by atoms with Crippen LogP contribution in [0.15, 0.2) is 34.5 Å². The first-order valence-electron chi connectivity index (χ1n) is 9.56. The first kappa shape index (κ1) is 19.6. The van der Waals surface area contributed by atoms with Crippen molar-refractivity contribution in [1.29, 1.82) is 0 Å². The van der Waals surface area contributed by atoms with Gasteiger partial charge in [-0.3, -0.25) is 14.8 Å². The number of nitrogens with zero attached hydrogens (tertiary/aromatic N) is 2. The second-order valence-corrected chi connectivity index (χ2v) is 8.65. The zero-order valence-corrected chi connectivity index (χ0v) is 18.2. The van der Waals surface area contributed by atoms with Gasteiger partial charge in [-0.1, -0.05) is 27.5 Å². The average molecular weight is 490 g/mol. The quantitative estimate of drug-likeness (QED) is 0.486. The van der Waals surface area contributed by atoms with Crippen molar-refractivity contribution in [2.45, 2.75) is 6.54 Å². The molecule has 0 bridgehead atoms. The number of piperazine rings is 1. The summed E-state index contributed by atoms with van der Waals surface area (Å²) in [6.45, 7) is 3.87. The summed E-state index contributed by atoms with van der Waals surface area (Å²) < 4.78 is 6.88. The van der Waals surface area contributed by atoms with Crippen molar-refractivity contribution in [3.05, 3.63) is 56.3 Å². The number of carbonyl (C=O) groups is 1. The number of nitrogens with one attached hydrogen (secondary N) is 2. The standard InChI is InChI=1S/C21H18BrClN4O3/c22-11-1-2-16-12(7-11)17(26-25-16)9-18-20(29)13-8-15(23)19(28)14(21(13)30-18)10-27-5-3-24-4-6-27/h1-2,7-9,24,28H,3-6,10H2,(H,25,26)/b18-9-. The lowest BCUT2D eigenvalue weighted by Crippen LogP contribution is -2.42. The van der Waals surface area contributed by atoms with Crippen molar-refractivity contribution in [2.24, 2.45) is 0 Å². The molecule has 3 N–H and O–H groups in total. The topological polar surface area (TPSA) is 90.5 Å². The Morgan fingerprint density at radius 2 is 2.10 bits per heavy atom. The Morgan fingerprint density at radius 1 is 1.30 bits per heavy atom. The van der Waals surface area contributed by atoms with Crippen LogP contribution in [0.2, 0.25) is 5.02 Å². The summed E-state index contributed by atoms with van der Waals surface area (Å²) in [5.41, 5.74) is 2.34. The Bertz CT molecular complexity index is 1200. The fourth-order valence-corrected chi connectivity index (χ4v) is 4.41. The number of Topliss-reactive ketones (excluding diaryl/α,β-unsaturated/α-hetero) is 1. The number of benzene rings is 2. The maximum Gasteiger partial charge on any atom is 0.232 e. The van der Waals surface area contributed by atoms with Crippen LogP contribution in [0.4, 0.5) is 0 Å². The van der Waals surface area contributed by atoms with Gasteiger partial charge < -0.3 is 15.2 Å². The molecule has 1 fully saturated rings. The number of rotatable bonds is 3. The van der Waals surface area contributed by atoms with Crippen LogP contribution < -0.4 is 10.1 Å². The molecule has 1 aromatic heterocycles. The van der Waals surface area contributed by atoms with Gasteiger partial charge in [0.1, 0.15) is 11.5 Å². The maximum atomic E-state index is 13.0. The first-order chi connectivity index (χ1) is 14.5. The van der Waals surface area contributed by atoms with E-state index in [1.54, 1.807) is 6.08 Å². The summed E-state index contributed by atoms with van der Waals surface area (Å²) in [5.74, 6) is 0.200. The van der Waals surface area contributed by atoms with Gasteiger partial charge in [-0.25, -0.2) is 0 Å². The Hall–Kier alpha value is -2.39. The van der Waals surface area contributed by atoms with Crippen LogP contribution in [-0.2, 0) is 6.54 Å². The zero-order chi connectivity index (χ0) is 20.8. The molecule has 3 aromatic rings. The zero-order valence-electron chi connectivity index (χ0n) is 15.8. The van der Waals surface area contributed by atoms with Gasteiger partial charge in [-0.2, -0.15) is 5.10 Å². The van der Waals surface area contributed by atoms with Gasteiger partial charge in [0.15, 0.2) is 5.76 Å². The molecule has 30 heavy (non-hydrogen) atoms. The molecule has 7 nitrogen and oxygen atoms in total. The number of aromatic nitrogens is 2. The molecule has 2 aromatic carbocycles. The normalized spacial score (nSPS) is 18.2. The van der Waals surface area contributed by atoms with E-state index < -0.39 is 0 Å². The number of aromatic amines is 1. The van der Waals surface area contributed by atoms with Crippen molar-refractivity contribution in [1.82, 2.24) is 20.4 Å². The van der Waals surface area contributed by atoms with Gasteiger partial charge in [0.25, 0.3) is 0 Å². The number of ketones is 1. The van der Waals surface area contributed by atoms with E-state index in [4.69, 9.17) is 16.3 Å². The third kappa shape index (κ3) is 3.39. The number of hydrogen-bond acceptors (Lipinski definition) is 6. The lowest BCUT2D eigenvalue weighted by Gasteiger charge is -2.28. The molecule has 2 aliphatic heterocycles. The number of fused-ring (bicyclic) bond motifs is 2. The van der Waals surface area contributed by atoms with Crippen LogP contribution in [0.3, 0.4) is 0 Å². The van der Waals surface area contributed by atoms with Gasteiger partial charge in [0.2, 0.25) is 5.78 Å². The Kier molecular flexibility index (Phi) is 5.02. The van der Waals surface area contributed by atoms with Gasteiger partial charge in [0.05, 0.1) is 27.4 Å². The Balaban J connectivity index is 1.54. The maximum absolute atomic E-state index is 13.0. The van der Waals surface area contributed by atoms with Gasteiger partial charge in [-0.05, 0) is 24.3 Å². The molecule has 0 unspecified atom stereocenters. The monoisotopic (exact) mass is 488 g/mol. The molecule has 0 aliphatic carbocycles. The molecular weight excluding hydrogens is 472 g/mol. The largest absolute Gasteiger partial charge is 0.506 e. The van der Waals surface area contributed by atoms with E-state index in [-0.39, 0.29) is 22.3 Å². The molecule has 0 radical (unpaired) electrons. The molecule has 1 saturated heterocycles. The summed E-state index contributed by atoms with van der Waals surface area (Å²) in [7, 11) is 0. The second-order valence-electron chi connectivity index (χ2n) is 7.33. The number of aromatic hydroxyl groups is 1. The number of carbonyl (C=O) groups excluding carboxylic acids is 1. The Labute approximate surface area is 185 Å². The number of phenols is 1. The first-order valence-corrected chi connectivity index (χ1v) is 10.7. The molecule has 0 saturated carbocycles. The van der Waals surface area contributed by atoms with Crippen LogP contribution in [-0.4, -0.2) is 52.2 Å². The predicted octanol–water partition coefficient (Wildman–Crippen LogP) is 3.71. The highest BCUT2D eigenvalue weighted by atomic mass is 79.9. The van der Waals surface area contributed by atoms with E-state index in [0.29, 0.717) is 29.1 Å². The van der Waals surface area contributed by atoms with E-state index in [1.807, 2.05) is 18.2 Å². The van der Waals surface area contributed by atoms with Crippen molar-refractivity contribution >= 4 is 50.3 Å². The van der Waals surface area contributed by atoms with Crippen LogP contribution in [0.5, 0.6) is 11.5 Å². The summed E-state index contributed by atoms with van der Waals surface area (Å²) in [6.07, 6.45) is 1.62. The fraction of sp³-hybridized carbons (Fsp3) is 0.238. The molecule has 9 heteroatoms. The molecule has 5 rings (SSSR count). The smallest absolute Gasteiger partial charge is 0.232 e. The second kappa shape index (κ2) is 7.70. The van der Waals surface area contributed by atoms with E-state index in [0.717, 1.165) is 41.6 Å². The third-order valence-corrected chi connectivity index (χ3v) is 6.18. The number of H-pyrrole nitrogens is 1. The van der Waals surface area contributed by atoms with E-state index >= 15 is 0 Å². The summed E-state index contributed by atoms with van der Waals surface area (Å²) in [5, 5.41) is 22.2. The third-order valence-electron chi connectivity index (χ3n) is 5.40. The van der Waals surface area contributed by atoms with E-state index in [1.165, 1.54) is 6.07 Å². The van der Waals surface area contributed by atoms with Crippen LogP contribution >= 0.6 is 27.5 Å². The SMILES string of the molecule is O=C1/C(=C/c2n[nH]c3ccc(Br)cc23)Oc2c1cc(Cl)c(O)c2CN1CCNCC1. The number of ether oxygens (including phenoxy) is 1. The van der Waals surface area contributed by atoms with Gasteiger partial charge in [0, 0.05) is 48.7 Å². The Morgan fingerprint density at radius 3 is 2.90 bits per heavy atom. The number of halogens is 2. The number of hydrogen-bond donors (Lipinski definition) is 3. The predicted molar refractivity (Wildman–Crippen MR) is 118 cm³/mol. The highest BCUT2D eigenvalue weighted by Crippen LogP contribution is 2.44. The van der Waals surface area contributed by atoms with Crippen molar-refractivity contribution in [3.63, 3.8) is 0 Å². The van der Waals surface area contributed by atoms with Crippen molar-refractivity contribution in [3.8, 4) is 11.5 Å². The fourth-order valence-electron chi connectivity index (χ4n) is 3.82. The average Bonchev–Trinajstić information content (AvgIpc) is 3.28. The lowest BCUT2D eigenvalue weighted by molar-refractivity contribution is 0.101. The van der Waals surface area contributed by atoms with Crippen LogP contribution in [0.25, 0.3) is 17.0 Å². The molecule has 3 heterocycles. The van der Waals surface area contributed by atoms with Crippen LogP contribution in [0, 0.1) is 0 Å². The summed E-state index contributed by atoms with van der Waals surface area (Å²) >= 11 is 9.70. The molecule has 0 spiro atoms. The highest BCUT2D eigenvalue weighted by molar-refractivity contribution is 9.10. The minimum absolute atomic E-state index is 0.0443. The molecule has 0 amide bonds. The lowest BCUT2D eigenvalue weighted by atomic mass is 10.0. The number of phenolic OH excluding ortho intramolecular Hbond substituents is 1. The van der Waals surface area contributed by atoms with E-state index in [9.17, 15) is 9.90 Å². The minimum atomic E-state index is -0.278. The van der Waals surface area contributed by atoms with Crippen LogP contribution in [0.1, 0.15) is 21.6 Å². The van der Waals surface area contributed by atoms with Gasteiger partial charge >= 0.3 is 0 Å². The summed E-state index contributed by atoms with van der Waals surface area (Å²) in [6, 6.07) is 7.22. The van der Waals surface area contributed by atoms with Crippen molar-refractivity contribution < 1.29 is 14.6 Å². The molecular formula is C21H18BrClN4O3. The van der Waals surface area contributed by atoms with Gasteiger partial charge in [-0.15, -0.1) is 0 Å². The molecule has 0 atom stereocenters. The highest BCUT2D eigenvalue weighted by Gasteiger charge is 2.33. The molecule has 2 aliphatic rings. The van der Waals surface area contributed by atoms with E-state index in [2.05, 4.69) is 36.3 Å². The number of allylic oxidation sites excluding steroid dienone is 1. The summed E-state index contributed by atoms with van der Waals surface area (Å²) in [4.78, 5) is 15.2. The minimum Gasteiger partial charge on any atom is -0.506 e.